The minimum Gasteiger partial charge on any atom is -0.326 e. The molecule has 2 amide bonds. The Hall–Kier alpha value is -2.56. The second kappa shape index (κ2) is 8.70. The highest BCUT2D eigenvalue weighted by Crippen LogP contribution is 2.17. The first kappa shape index (κ1) is 19.8. The lowest BCUT2D eigenvalue weighted by molar-refractivity contribution is -0.121. The number of amides is 2. The number of benzene rings is 1. The second-order valence-electron chi connectivity index (χ2n) is 5.28. The van der Waals surface area contributed by atoms with Gasteiger partial charge in [-0.1, -0.05) is 6.07 Å². The molecule has 0 unspecified atom stereocenters. The van der Waals surface area contributed by atoms with Gasteiger partial charge >= 0.3 is 0 Å². The van der Waals surface area contributed by atoms with E-state index in [0.717, 1.165) is 9.18 Å². The standard InChI is InChI=1S/C16H18N4O4S2/c1-12(21)18-13-5-7-15(8-6-13)26(23,24)20(2)11-16(22)19-17-10-14-4-3-9-25-14/h3-10H,11H2,1-2H3,(H,18,21)(H,19,22)/b17-10-. The van der Waals surface area contributed by atoms with Gasteiger partial charge in [-0.3, -0.25) is 9.59 Å². The summed E-state index contributed by atoms with van der Waals surface area (Å²) in [6, 6.07) is 9.38. The van der Waals surface area contributed by atoms with Crippen LogP contribution in [0.4, 0.5) is 5.69 Å². The Kier molecular flexibility index (Phi) is 6.61. The molecule has 2 aromatic rings. The van der Waals surface area contributed by atoms with E-state index in [1.165, 1.54) is 55.8 Å². The predicted octanol–water partition coefficient (Wildman–Crippen LogP) is 1.48. The number of sulfonamides is 1. The smallest absolute Gasteiger partial charge is 0.255 e. The van der Waals surface area contributed by atoms with Crippen LogP contribution in [0.5, 0.6) is 0 Å². The van der Waals surface area contributed by atoms with Crippen LogP contribution >= 0.6 is 11.3 Å². The topological polar surface area (TPSA) is 108 Å². The fraction of sp³-hybridized carbons (Fsp3) is 0.188. The van der Waals surface area contributed by atoms with E-state index in [2.05, 4.69) is 15.8 Å². The van der Waals surface area contributed by atoms with Gasteiger partial charge in [0.1, 0.15) is 0 Å². The molecule has 1 heterocycles. The van der Waals surface area contributed by atoms with Gasteiger partial charge in [0.25, 0.3) is 5.91 Å². The van der Waals surface area contributed by atoms with E-state index < -0.39 is 15.9 Å². The Labute approximate surface area is 155 Å². The maximum Gasteiger partial charge on any atom is 0.255 e. The fourth-order valence-corrected chi connectivity index (χ4v) is 3.66. The molecule has 10 heteroatoms. The number of thiophene rings is 1. The van der Waals surface area contributed by atoms with Crippen molar-refractivity contribution in [1.82, 2.24) is 9.73 Å². The molecule has 0 spiro atoms. The zero-order valence-corrected chi connectivity index (χ0v) is 15.8. The Bertz CT molecular complexity index is 891. The van der Waals surface area contributed by atoms with Crippen molar-refractivity contribution >= 4 is 45.1 Å². The zero-order chi connectivity index (χ0) is 19.2. The molecular formula is C16H18N4O4S2. The summed E-state index contributed by atoms with van der Waals surface area (Å²) >= 11 is 1.46. The van der Waals surface area contributed by atoms with Crippen molar-refractivity contribution in [3.63, 3.8) is 0 Å². The van der Waals surface area contributed by atoms with Crippen LogP contribution in [0.15, 0.2) is 51.8 Å². The summed E-state index contributed by atoms with van der Waals surface area (Å²) in [6.45, 7) is 0.982. The molecule has 0 saturated heterocycles. The number of nitrogens with one attached hydrogen (secondary N) is 2. The van der Waals surface area contributed by atoms with Gasteiger partial charge in [-0.15, -0.1) is 11.3 Å². The first-order chi connectivity index (χ1) is 12.3. The summed E-state index contributed by atoms with van der Waals surface area (Å²) in [5.74, 6) is -0.809. The summed E-state index contributed by atoms with van der Waals surface area (Å²) in [7, 11) is -2.53. The zero-order valence-electron chi connectivity index (χ0n) is 14.2. The monoisotopic (exact) mass is 394 g/mol. The Balaban J connectivity index is 1.97. The van der Waals surface area contributed by atoms with Crippen LogP contribution in [0, 0.1) is 0 Å². The molecule has 2 N–H and O–H groups in total. The number of likely N-dealkylation sites (N-methyl/N-ethyl adjacent to an activating group) is 1. The van der Waals surface area contributed by atoms with Crippen LogP contribution in [-0.2, 0) is 19.6 Å². The largest absolute Gasteiger partial charge is 0.326 e. The van der Waals surface area contributed by atoms with Crippen LogP contribution in [0.3, 0.4) is 0 Å². The quantitative estimate of drug-likeness (QED) is 0.548. The highest BCUT2D eigenvalue weighted by Gasteiger charge is 2.22. The number of rotatable bonds is 7. The van der Waals surface area contributed by atoms with E-state index in [0.29, 0.717) is 5.69 Å². The van der Waals surface area contributed by atoms with Gasteiger partial charge in [-0.2, -0.15) is 9.41 Å². The van der Waals surface area contributed by atoms with E-state index in [9.17, 15) is 18.0 Å². The SMILES string of the molecule is CC(=O)Nc1ccc(S(=O)(=O)N(C)CC(=O)N/N=C\c2cccs2)cc1. The molecule has 26 heavy (non-hydrogen) atoms. The van der Waals surface area contributed by atoms with Crippen molar-refractivity contribution in [1.29, 1.82) is 0 Å². The average molecular weight is 394 g/mol. The van der Waals surface area contributed by atoms with E-state index >= 15 is 0 Å². The summed E-state index contributed by atoms with van der Waals surface area (Å²) < 4.78 is 25.9. The molecule has 8 nitrogen and oxygen atoms in total. The third kappa shape index (κ3) is 5.48. The Morgan fingerprint density at radius 3 is 2.50 bits per heavy atom. The van der Waals surface area contributed by atoms with Gasteiger partial charge in [0, 0.05) is 24.5 Å². The number of anilines is 1. The molecule has 1 aromatic heterocycles. The van der Waals surface area contributed by atoms with Gasteiger partial charge in [0.15, 0.2) is 0 Å². The van der Waals surface area contributed by atoms with E-state index in [1.807, 2.05) is 17.5 Å². The maximum atomic E-state index is 12.5. The molecule has 0 aliphatic carbocycles. The third-order valence-corrected chi connectivity index (χ3v) is 5.80. The molecule has 138 valence electrons. The molecule has 0 atom stereocenters. The lowest BCUT2D eigenvalue weighted by Gasteiger charge is -2.16. The van der Waals surface area contributed by atoms with E-state index in [-0.39, 0.29) is 17.3 Å². The Morgan fingerprint density at radius 1 is 1.23 bits per heavy atom. The number of nitrogens with zero attached hydrogens (tertiary/aromatic N) is 2. The van der Waals surface area contributed by atoms with Crippen LogP contribution in [-0.4, -0.2) is 44.3 Å². The number of carbonyl (C=O) groups excluding carboxylic acids is 2. The minimum absolute atomic E-state index is 0.0176. The van der Waals surface area contributed by atoms with Gasteiger partial charge in [-0.05, 0) is 35.7 Å². The van der Waals surface area contributed by atoms with Gasteiger partial charge in [-0.25, -0.2) is 13.8 Å². The number of hydrogen-bond donors (Lipinski definition) is 2. The molecule has 0 radical (unpaired) electrons. The first-order valence-electron chi connectivity index (χ1n) is 7.48. The van der Waals surface area contributed by atoms with Crippen molar-refractivity contribution < 1.29 is 18.0 Å². The molecule has 0 bridgehead atoms. The van der Waals surface area contributed by atoms with E-state index in [1.54, 1.807) is 0 Å². The van der Waals surface area contributed by atoms with Gasteiger partial charge < -0.3 is 5.32 Å². The summed E-state index contributed by atoms with van der Waals surface area (Å²) in [5, 5.41) is 8.21. The Morgan fingerprint density at radius 2 is 1.92 bits per heavy atom. The molecule has 0 aliphatic rings. The van der Waals surface area contributed by atoms with Crippen LogP contribution in [0.2, 0.25) is 0 Å². The van der Waals surface area contributed by atoms with Crippen LogP contribution in [0.1, 0.15) is 11.8 Å². The number of hydrogen-bond acceptors (Lipinski definition) is 6. The average Bonchev–Trinajstić information content (AvgIpc) is 3.08. The minimum atomic E-state index is -3.84. The highest BCUT2D eigenvalue weighted by molar-refractivity contribution is 7.89. The summed E-state index contributed by atoms with van der Waals surface area (Å²) in [5.41, 5.74) is 2.78. The lowest BCUT2D eigenvalue weighted by atomic mass is 10.3. The second-order valence-corrected chi connectivity index (χ2v) is 8.30. The van der Waals surface area contributed by atoms with E-state index in [4.69, 9.17) is 0 Å². The molecular weight excluding hydrogens is 376 g/mol. The van der Waals surface area contributed by atoms with Gasteiger partial charge in [0.05, 0.1) is 17.7 Å². The fourth-order valence-electron chi connectivity index (χ4n) is 1.95. The number of hydrazone groups is 1. The lowest BCUT2D eigenvalue weighted by Crippen LogP contribution is -2.36. The molecule has 2 rings (SSSR count). The highest BCUT2D eigenvalue weighted by atomic mass is 32.2. The first-order valence-corrected chi connectivity index (χ1v) is 9.80. The summed E-state index contributed by atoms with van der Waals surface area (Å²) in [6.07, 6.45) is 1.48. The van der Waals surface area contributed by atoms with Gasteiger partial charge in [0.2, 0.25) is 15.9 Å². The van der Waals surface area contributed by atoms with Crippen molar-refractivity contribution in [2.75, 3.05) is 18.9 Å². The maximum absolute atomic E-state index is 12.5. The van der Waals surface area contributed by atoms with Crippen molar-refractivity contribution in [3.05, 3.63) is 46.7 Å². The molecule has 1 aromatic carbocycles. The molecule has 0 aliphatic heterocycles. The number of carbonyl (C=O) groups is 2. The molecule has 0 fully saturated rings. The predicted molar refractivity (Wildman–Crippen MR) is 101 cm³/mol. The van der Waals surface area contributed by atoms with Crippen molar-refractivity contribution in [2.45, 2.75) is 11.8 Å². The normalized spacial score (nSPS) is 11.7. The molecule has 0 saturated carbocycles. The summed E-state index contributed by atoms with van der Waals surface area (Å²) in [4.78, 5) is 23.7. The van der Waals surface area contributed by atoms with Crippen molar-refractivity contribution in [3.8, 4) is 0 Å². The van der Waals surface area contributed by atoms with Crippen molar-refractivity contribution in [2.24, 2.45) is 5.10 Å². The third-order valence-electron chi connectivity index (χ3n) is 3.17. The van der Waals surface area contributed by atoms with Crippen LogP contribution in [0.25, 0.3) is 0 Å². The van der Waals surface area contributed by atoms with Crippen LogP contribution < -0.4 is 10.7 Å².